The molecule has 0 saturated carbocycles. The van der Waals surface area contributed by atoms with Crippen molar-refractivity contribution in [3.8, 4) is 5.75 Å². The Balaban J connectivity index is 2.38. The van der Waals surface area contributed by atoms with E-state index in [4.69, 9.17) is 30.4 Å². The van der Waals surface area contributed by atoms with Gasteiger partial charge in [-0.3, -0.25) is 4.79 Å². The number of carbonyl (C=O) groups is 1. The molecule has 1 aromatic carbocycles. The van der Waals surface area contributed by atoms with Crippen LogP contribution in [0.4, 0.5) is 0 Å². The monoisotopic (exact) mass is 382 g/mol. The number of ether oxygens (including phenoxy) is 2. The van der Waals surface area contributed by atoms with Gasteiger partial charge in [0.15, 0.2) is 0 Å². The van der Waals surface area contributed by atoms with E-state index in [2.05, 4.69) is 0 Å². The lowest BCUT2D eigenvalue weighted by atomic mass is 9.66. The lowest BCUT2D eigenvalue weighted by Crippen LogP contribution is -2.41. The maximum Gasteiger partial charge on any atom is 0.466 e. The van der Waals surface area contributed by atoms with Crippen molar-refractivity contribution in [2.75, 3.05) is 13.7 Å². The van der Waals surface area contributed by atoms with Crippen molar-refractivity contribution in [2.24, 2.45) is 0 Å². The first-order chi connectivity index (χ1) is 12.1. The van der Waals surface area contributed by atoms with Gasteiger partial charge in [0.1, 0.15) is 5.75 Å². The second-order valence-electron chi connectivity index (χ2n) is 7.45. The molecule has 0 N–H and O–H groups in total. The number of esters is 1. The van der Waals surface area contributed by atoms with Crippen LogP contribution in [0.1, 0.15) is 58.0 Å². The average Bonchev–Trinajstić information content (AvgIpc) is 2.79. The zero-order valence-corrected chi connectivity index (χ0v) is 17.2. The first-order valence-corrected chi connectivity index (χ1v) is 9.42. The highest BCUT2D eigenvalue weighted by Crippen LogP contribution is 2.42. The molecule has 1 unspecified atom stereocenters. The molecule has 1 aliphatic heterocycles. The molecule has 1 saturated heterocycles. The number of rotatable bonds is 7. The van der Waals surface area contributed by atoms with Gasteiger partial charge in [0.05, 0.1) is 37.2 Å². The second kappa shape index (κ2) is 8.20. The molecule has 0 bridgehead atoms. The number of methoxy groups -OCH3 is 1. The van der Waals surface area contributed by atoms with Crippen LogP contribution in [0, 0.1) is 0 Å². The minimum atomic E-state index is -0.555. The van der Waals surface area contributed by atoms with E-state index >= 15 is 0 Å². The molecule has 1 atom stereocenters. The third kappa shape index (κ3) is 4.35. The summed E-state index contributed by atoms with van der Waals surface area (Å²) in [6.07, 6.45) is 0.165. The highest BCUT2D eigenvalue weighted by molar-refractivity contribution is 6.48. The summed E-state index contributed by atoms with van der Waals surface area (Å²) in [5, 5.41) is 0. The minimum absolute atomic E-state index is 0.165. The molecule has 144 valence electrons. The number of carbonyl (C=O) groups excluding carboxylic acids is 1. The van der Waals surface area contributed by atoms with Gasteiger partial charge < -0.3 is 18.8 Å². The number of halogens is 1. The number of alkyl halides is 1. The fourth-order valence-corrected chi connectivity index (χ4v) is 3.17. The van der Waals surface area contributed by atoms with Crippen molar-refractivity contribution in [3.63, 3.8) is 0 Å². The topological polar surface area (TPSA) is 54.0 Å². The lowest BCUT2D eigenvalue weighted by molar-refractivity contribution is -0.143. The van der Waals surface area contributed by atoms with E-state index in [1.165, 1.54) is 0 Å². The van der Waals surface area contributed by atoms with Crippen molar-refractivity contribution < 1.29 is 23.6 Å². The van der Waals surface area contributed by atoms with Crippen molar-refractivity contribution in [1.29, 1.82) is 0 Å². The standard InChI is InChI=1S/C19H28BClO5/c1-7-24-17(22)11-15(20-25-18(2,3)19(4,5)26-20)13-8-9-16(23-6)14(10-13)12-21/h8-10,15H,7,11-12H2,1-6H3. The van der Waals surface area contributed by atoms with E-state index in [0.29, 0.717) is 18.2 Å². The Morgan fingerprint density at radius 1 is 1.23 bits per heavy atom. The Hall–Kier alpha value is -1.24. The first kappa shape index (κ1) is 21.1. The van der Waals surface area contributed by atoms with Gasteiger partial charge in [-0.15, -0.1) is 11.6 Å². The van der Waals surface area contributed by atoms with E-state index in [1.807, 2.05) is 45.9 Å². The predicted molar refractivity (Wildman–Crippen MR) is 103 cm³/mol. The Labute approximate surface area is 161 Å². The third-order valence-corrected chi connectivity index (χ3v) is 5.46. The van der Waals surface area contributed by atoms with Crippen LogP contribution in [0.2, 0.25) is 0 Å². The molecule has 1 aromatic rings. The van der Waals surface area contributed by atoms with Crippen LogP contribution in [0.25, 0.3) is 0 Å². The van der Waals surface area contributed by atoms with Gasteiger partial charge in [-0.1, -0.05) is 12.1 Å². The predicted octanol–water partition coefficient (Wildman–Crippen LogP) is 4.10. The molecule has 7 heteroatoms. The summed E-state index contributed by atoms with van der Waals surface area (Å²) in [5.74, 6) is 0.443. The molecule has 0 radical (unpaired) electrons. The molecule has 0 aliphatic carbocycles. The van der Waals surface area contributed by atoms with E-state index in [0.717, 1.165) is 11.1 Å². The summed E-state index contributed by atoms with van der Waals surface area (Å²) >= 11 is 6.06. The third-order valence-electron chi connectivity index (χ3n) is 5.17. The molecule has 1 fully saturated rings. The maximum atomic E-state index is 12.2. The lowest BCUT2D eigenvalue weighted by Gasteiger charge is -2.32. The van der Waals surface area contributed by atoms with Gasteiger partial charge in [0.2, 0.25) is 0 Å². The Bertz CT molecular complexity index is 631. The molecule has 5 nitrogen and oxygen atoms in total. The molecule has 1 heterocycles. The Kier molecular flexibility index (Phi) is 6.64. The number of hydrogen-bond acceptors (Lipinski definition) is 5. The molecule has 0 amide bonds. The molecule has 1 aliphatic rings. The molecule has 0 spiro atoms. The number of benzene rings is 1. The Morgan fingerprint density at radius 3 is 2.35 bits per heavy atom. The fraction of sp³-hybridized carbons (Fsp3) is 0.632. The first-order valence-electron chi connectivity index (χ1n) is 8.89. The van der Waals surface area contributed by atoms with Gasteiger partial charge in [0.25, 0.3) is 0 Å². The van der Waals surface area contributed by atoms with Crippen LogP contribution in [0.3, 0.4) is 0 Å². The second-order valence-corrected chi connectivity index (χ2v) is 7.71. The van der Waals surface area contributed by atoms with E-state index in [9.17, 15) is 4.79 Å². The average molecular weight is 383 g/mol. The van der Waals surface area contributed by atoms with Gasteiger partial charge >= 0.3 is 13.1 Å². The molecular weight excluding hydrogens is 354 g/mol. The molecule has 2 rings (SSSR count). The quantitative estimate of drug-likeness (QED) is 0.404. The minimum Gasteiger partial charge on any atom is -0.496 e. The van der Waals surface area contributed by atoms with Gasteiger partial charge in [-0.2, -0.15) is 0 Å². The summed E-state index contributed by atoms with van der Waals surface area (Å²) < 4.78 is 22.9. The van der Waals surface area contributed by atoms with E-state index in [1.54, 1.807) is 14.0 Å². The van der Waals surface area contributed by atoms with Gasteiger partial charge in [-0.25, -0.2) is 0 Å². The Morgan fingerprint density at radius 2 is 1.85 bits per heavy atom. The molecule has 26 heavy (non-hydrogen) atoms. The summed E-state index contributed by atoms with van der Waals surface area (Å²) in [7, 11) is 1.05. The molecular formula is C19H28BClO5. The maximum absolute atomic E-state index is 12.2. The molecule has 0 aromatic heterocycles. The van der Waals surface area contributed by atoms with Crippen LogP contribution in [0.15, 0.2) is 18.2 Å². The van der Waals surface area contributed by atoms with Gasteiger partial charge in [0, 0.05) is 11.4 Å². The summed E-state index contributed by atoms with van der Waals surface area (Å²) in [6, 6.07) is 5.72. The number of hydrogen-bond donors (Lipinski definition) is 0. The normalized spacial score (nSPS) is 19.3. The fourth-order valence-electron chi connectivity index (χ4n) is 2.96. The van der Waals surface area contributed by atoms with Crippen molar-refractivity contribution in [1.82, 2.24) is 0 Å². The van der Waals surface area contributed by atoms with E-state index < -0.39 is 18.3 Å². The summed E-state index contributed by atoms with van der Waals surface area (Å²) in [6.45, 7) is 10.1. The highest BCUT2D eigenvalue weighted by atomic mass is 35.5. The zero-order chi connectivity index (χ0) is 19.5. The van der Waals surface area contributed by atoms with Crippen LogP contribution in [-0.2, 0) is 24.7 Å². The van der Waals surface area contributed by atoms with Crippen molar-refractivity contribution >= 4 is 24.7 Å². The van der Waals surface area contributed by atoms with Crippen molar-refractivity contribution in [2.45, 2.75) is 63.9 Å². The van der Waals surface area contributed by atoms with Crippen molar-refractivity contribution in [3.05, 3.63) is 29.3 Å². The van der Waals surface area contributed by atoms with Crippen LogP contribution in [0.5, 0.6) is 5.75 Å². The SMILES string of the molecule is CCOC(=O)CC(B1OC(C)(C)C(C)(C)O1)c1ccc(OC)c(CCl)c1. The van der Waals surface area contributed by atoms with Crippen LogP contribution >= 0.6 is 11.6 Å². The highest BCUT2D eigenvalue weighted by Gasteiger charge is 2.54. The smallest absolute Gasteiger partial charge is 0.466 e. The summed E-state index contributed by atoms with van der Waals surface area (Å²) in [5.41, 5.74) is 0.809. The van der Waals surface area contributed by atoms with Crippen LogP contribution in [-0.4, -0.2) is 38.0 Å². The van der Waals surface area contributed by atoms with E-state index in [-0.39, 0.29) is 18.2 Å². The van der Waals surface area contributed by atoms with Crippen LogP contribution < -0.4 is 4.74 Å². The largest absolute Gasteiger partial charge is 0.496 e. The zero-order valence-electron chi connectivity index (χ0n) is 16.4. The van der Waals surface area contributed by atoms with Gasteiger partial charge in [-0.05, 0) is 46.2 Å². The summed E-state index contributed by atoms with van der Waals surface area (Å²) in [4.78, 5) is 12.2.